The molecule has 0 saturated heterocycles. The third-order valence-corrected chi connectivity index (χ3v) is 3.04. The van der Waals surface area contributed by atoms with Gasteiger partial charge >= 0.3 is 0 Å². The van der Waals surface area contributed by atoms with Gasteiger partial charge in [-0.1, -0.05) is 25.3 Å². The lowest BCUT2D eigenvalue weighted by molar-refractivity contribution is -0.104. The molecule has 0 saturated carbocycles. The molecule has 1 unspecified atom stereocenters. The van der Waals surface area contributed by atoms with Gasteiger partial charge in [-0.3, -0.25) is 9.80 Å². The smallest absolute Gasteiger partial charge is 0.149 e. The lowest BCUT2D eigenvalue weighted by Gasteiger charge is -2.28. The Morgan fingerprint density at radius 3 is 2.75 bits per heavy atom. The SMILES string of the molecule is C=CC(=C)N1/N=C(/C(C)(C)O)C/C=C\C(C=O)=C/C1C. The Morgan fingerprint density at radius 2 is 2.25 bits per heavy atom. The number of aliphatic hydroxyl groups is 1. The monoisotopic (exact) mass is 274 g/mol. The molecule has 0 amide bonds. The van der Waals surface area contributed by atoms with Gasteiger partial charge in [-0.05, 0) is 32.9 Å². The van der Waals surface area contributed by atoms with E-state index in [1.54, 1.807) is 37.1 Å². The van der Waals surface area contributed by atoms with E-state index in [1.165, 1.54) is 0 Å². The van der Waals surface area contributed by atoms with Gasteiger partial charge in [0.1, 0.15) is 6.29 Å². The summed E-state index contributed by atoms with van der Waals surface area (Å²) in [5.74, 6) is 0. The molecule has 4 heteroatoms. The molecular formula is C16H22N2O2. The molecule has 0 aliphatic carbocycles. The highest BCUT2D eigenvalue weighted by molar-refractivity contribution is 5.93. The van der Waals surface area contributed by atoms with Crippen molar-refractivity contribution in [2.24, 2.45) is 5.10 Å². The minimum atomic E-state index is -1.05. The maximum absolute atomic E-state index is 11.0. The molecule has 1 aliphatic rings. The molecule has 0 bridgehead atoms. The highest BCUT2D eigenvalue weighted by atomic mass is 16.3. The van der Waals surface area contributed by atoms with Crippen LogP contribution in [-0.2, 0) is 4.79 Å². The van der Waals surface area contributed by atoms with Crippen molar-refractivity contribution in [1.29, 1.82) is 0 Å². The molecule has 0 aromatic heterocycles. The lowest BCUT2D eigenvalue weighted by Crippen LogP contribution is -2.35. The van der Waals surface area contributed by atoms with E-state index in [0.29, 0.717) is 23.4 Å². The van der Waals surface area contributed by atoms with Crippen LogP contribution in [0, 0.1) is 0 Å². The second-order valence-electron chi connectivity index (χ2n) is 5.28. The van der Waals surface area contributed by atoms with Crippen molar-refractivity contribution in [1.82, 2.24) is 5.01 Å². The van der Waals surface area contributed by atoms with Crippen LogP contribution in [0.2, 0.25) is 0 Å². The number of hydrogen-bond acceptors (Lipinski definition) is 4. The normalized spacial score (nSPS) is 27.0. The number of nitrogens with zero attached hydrogens (tertiary/aromatic N) is 2. The molecule has 108 valence electrons. The van der Waals surface area contributed by atoms with Gasteiger partial charge in [0.15, 0.2) is 0 Å². The van der Waals surface area contributed by atoms with E-state index in [2.05, 4.69) is 18.3 Å². The minimum Gasteiger partial charge on any atom is -0.384 e. The predicted molar refractivity (Wildman–Crippen MR) is 82.3 cm³/mol. The molecule has 0 aromatic rings. The summed E-state index contributed by atoms with van der Waals surface area (Å²) in [6, 6.07) is -0.166. The van der Waals surface area contributed by atoms with E-state index >= 15 is 0 Å². The van der Waals surface area contributed by atoms with Crippen molar-refractivity contribution in [3.05, 3.63) is 48.7 Å². The Morgan fingerprint density at radius 1 is 1.60 bits per heavy atom. The zero-order chi connectivity index (χ0) is 15.3. The van der Waals surface area contributed by atoms with E-state index in [0.717, 1.165) is 6.29 Å². The molecule has 1 heterocycles. The van der Waals surface area contributed by atoms with Crippen LogP contribution in [0.1, 0.15) is 27.2 Å². The van der Waals surface area contributed by atoms with Crippen molar-refractivity contribution >= 4 is 12.0 Å². The van der Waals surface area contributed by atoms with Crippen molar-refractivity contribution < 1.29 is 9.90 Å². The van der Waals surface area contributed by atoms with Crippen molar-refractivity contribution in [3.63, 3.8) is 0 Å². The van der Waals surface area contributed by atoms with Crippen LogP contribution in [0.4, 0.5) is 0 Å². The quantitative estimate of drug-likeness (QED) is 0.633. The Labute approximate surface area is 120 Å². The molecule has 0 spiro atoms. The highest BCUT2D eigenvalue weighted by Crippen LogP contribution is 2.19. The summed E-state index contributed by atoms with van der Waals surface area (Å²) < 4.78 is 0. The number of aldehydes is 1. The predicted octanol–water partition coefficient (Wildman–Crippen LogP) is 2.59. The summed E-state index contributed by atoms with van der Waals surface area (Å²) in [5.41, 5.74) is 0.744. The average molecular weight is 274 g/mol. The first-order chi connectivity index (χ1) is 9.29. The summed E-state index contributed by atoms with van der Waals surface area (Å²) in [6.07, 6.45) is 8.23. The topological polar surface area (TPSA) is 52.9 Å². The summed E-state index contributed by atoms with van der Waals surface area (Å²) in [6.45, 7) is 12.9. The van der Waals surface area contributed by atoms with Gasteiger partial charge in [0, 0.05) is 12.0 Å². The second kappa shape index (κ2) is 6.48. The first-order valence-corrected chi connectivity index (χ1v) is 6.54. The average Bonchev–Trinajstić information content (AvgIpc) is 2.45. The van der Waals surface area contributed by atoms with Gasteiger partial charge in [0.2, 0.25) is 0 Å². The molecule has 4 nitrogen and oxygen atoms in total. The third kappa shape index (κ3) is 4.03. The molecule has 0 aromatic carbocycles. The second-order valence-corrected chi connectivity index (χ2v) is 5.28. The fourth-order valence-electron chi connectivity index (χ4n) is 1.84. The van der Waals surface area contributed by atoms with Crippen LogP contribution in [-0.4, -0.2) is 33.8 Å². The molecule has 1 aliphatic heterocycles. The Balaban J connectivity index is 3.32. The number of hydrazone groups is 1. The molecular weight excluding hydrogens is 252 g/mol. The van der Waals surface area contributed by atoms with Crippen LogP contribution in [0.3, 0.4) is 0 Å². The molecule has 20 heavy (non-hydrogen) atoms. The van der Waals surface area contributed by atoms with Crippen molar-refractivity contribution in [2.75, 3.05) is 0 Å². The van der Waals surface area contributed by atoms with E-state index in [4.69, 9.17) is 0 Å². The van der Waals surface area contributed by atoms with Crippen LogP contribution < -0.4 is 0 Å². The van der Waals surface area contributed by atoms with Crippen LogP contribution >= 0.6 is 0 Å². The van der Waals surface area contributed by atoms with Gasteiger partial charge in [0.05, 0.1) is 23.1 Å². The fourth-order valence-corrected chi connectivity index (χ4v) is 1.84. The Kier molecular flexibility index (Phi) is 5.22. The van der Waals surface area contributed by atoms with Crippen molar-refractivity contribution in [2.45, 2.75) is 38.8 Å². The maximum atomic E-state index is 11.0. The summed E-state index contributed by atoms with van der Waals surface area (Å²) in [7, 11) is 0. The molecule has 1 N–H and O–H groups in total. The summed E-state index contributed by atoms with van der Waals surface area (Å²) in [4.78, 5) is 11.0. The number of rotatable bonds is 4. The summed E-state index contributed by atoms with van der Waals surface area (Å²) >= 11 is 0. The van der Waals surface area contributed by atoms with Crippen LogP contribution in [0.15, 0.2) is 53.8 Å². The van der Waals surface area contributed by atoms with Gasteiger partial charge in [-0.25, -0.2) is 0 Å². The summed E-state index contributed by atoms with van der Waals surface area (Å²) in [5, 5.41) is 16.4. The number of carbonyl (C=O) groups excluding carboxylic acids is 1. The van der Waals surface area contributed by atoms with Crippen LogP contribution in [0.5, 0.6) is 0 Å². The van der Waals surface area contributed by atoms with Gasteiger partial charge in [-0.2, -0.15) is 5.10 Å². The standard InChI is InChI=1S/C16H22N2O2/c1-6-12(2)18-13(3)10-14(11-19)8-7-9-15(17-18)16(4,5)20/h6-8,10-11,13,20H,1-2,9H2,3-5H3/b8-7-,14-10+,17-15+. The van der Waals surface area contributed by atoms with Crippen LogP contribution in [0.25, 0.3) is 0 Å². The molecule has 1 rings (SSSR count). The number of hydrogen-bond donors (Lipinski definition) is 1. The van der Waals surface area contributed by atoms with Gasteiger partial charge in [-0.15, -0.1) is 0 Å². The van der Waals surface area contributed by atoms with E-state index in [1.807, 2.05) is 13.0 Å². The lowest BCUT2D eigenvalue weighted by atomic mass is 10.00. The zero-order valence-electron chi connectivity index (χ0n) is 12.3. The largest absolute Gasteiger partial charge is 0.384 e. The first kappa shape index (κ1) is 16.1. The van der Waals surface area contributed by atoms with E-state index < -0.39 is 5.60 Å². The van der Waals surface area contributed by atoms with E-state index in [-0.39, 0.29) is 6.04 Å². The maximum Gasteiger partial charge on any atom is 0.149 e. The fraction of sp³-hybridized carbons (Fsp3) is 0.375. The Bertz CT molecular complexity index is 493. The van der Waals surface area contributed by atoms with E-state index in [9.17, 15) is 9.90 Å². The number of carbonyl (C=O) groups is 1. The minimum absolute atomic E-state index is 0.166. The molecule has 1 atom stereocenters. The molecule has 0 fully saturated rings. The highest BCUT2D eigenvalue weighted by Gasteiger charge is 2.23. The van der Waals surface area contributed by atoms with Gasteiger partial charge < -0.3 is 5.11 Å². The van der Waals surface area contributed by atoms with Crippen molar-refractivity contribution in [3.8, 4) is 0 Å². The Hall–Kier alpha value is -1.94. The zero-order valence-corrected chi connectivity index (χ0v) is 12.3. The third-order valence-electron chi connectivity index (χ3n) is 3.04. The first-order valence-electron chi connectivity index (χ1n) is 6.54. The van der Waals surface area contributed by atoms with Gasteiger partial charge in [0.25, 0.3) is 0 Å². The number of allylic oxidation sites excluding steroid dienone is 4. The molecule has 0 radical (unpaired) electrons.